The van der Waals surface area contributed by atoms with Gasteiger partial charge < -0.3 is 9.15 Å². The zero-order chi connectivity index (χ0) is 21.0. The molecule has 2 aromatic carbocycles. The summed E-state index contributed by atoms with van der Waals surface area (Å²) < 4.78 is 11.8. The van der Waals surface area contributed by atoms with Crippen LogP contribution in [0.5, 0.6) is 5.75 Å². The van der Waals surface area contributed by atoms with Crippen LogP contribution in [0.2, 0.25) is 0 Å². The summed E-state index contributed by atoms with van der Waals surface area (Å²) in [7, 11) is 1.54. The quantitative estimate of drug-likeness (QED) is 0.229. The lowest BCUT2D eigenvalue weighted by Gasteiger charge is -2.05. The molecule has 0 radical (unpaired) electrons. The zero-order valence-corrected chi connectivity index (χ0v) is 17.7. The molecule has 0 aliphatic rings. The average molecular weight is 505 g/mol. The number of nitro benzene ring substituents is 1. The Bertz CT molecular complexity index is 1110. The molecule has 1 N–H and O–H groups in total. The Labute approximate surface area is 179 Å². The van der Waals surface area contributed by atoms with Crippen LogP contribution in [0.4, 0.5) is 5.69 Å². The largest absolute Gasteiger partial charge is 0.496 e. The van der Waals surface area contributed by atoms with Gasteiger partial charge in [0.2, 0.25) is 0 Å². The van der Waals surface area contributed by atoms with Gasteiger partial charge in [0.1, 0.15) is 17.3 Å². The number of amides is 1. The van der Waals surface area contributed by atoms with E-state index in [1.807, 2.05) is 6.92 Å². The Morgan fingerprint density at radius 1 is 1.24 bits per heavy atom. The van der Waals surface area contributed by atoms with Crippen molar-refractivity contribution >= 4 is 40.4 Å². The topological polar surface area (TPSA) is 107 Å². The molecule has 8 nitrogen and oxygen atoms in total. The summed E-state index contributed by atoms with van der Waals surface area (Å²) >= 11 is 2.12. The molecule has 1 heterocycles. The normalized spacial score (nSPS) is 10.9. The van der Waals surface area contributed by atoms with Crippen molar-refractivity contribution in [3.05, 3.63) is 79.1 Å². The number of hydrogen-bond acceptors (Lipinski definition) is 6. The molecule has 3 aromatic rings. The third-order valence-corrected chi connectivity index (χ3v) is 4.99. The van der Waals surface area contributed by atoms with Gasteiger partial charge in [0.25, 0.3) is 11.6 Å². The highest BCUT2D eigenvalue weighted by molar-refractivity contribution is 14.1. The van der Waals surface area contributed by atoms with Crippen LogP contribution in [0.25, 0.3) is 11.3 Å². The van der Waals surface area contributed by atoms with Gasteiger partial charge in [-0.15, -0.1) is 0 Å². The number of carbonyl (C=O) groups is 1. The third kappa shape index (κ3) is 4.80. The standard InChI is InChI=1S/C20H16IN3O5/c1-12-3-5-14(24(26)27)10-16(12)18-8-6-15(29-18)11-22-23-20(25)13-4-7-17(21)19(9-13)28-2/h3-11H,1-2H3,(H,23,25). The van der Waals surface area contributed by atoms with Gasteiger partial charge in [-0.05, 0) is 65.4 Å². The van der Waals surface area contributed by atoms with E-state index >= 15 is 0 Å². The molecular formula is C20H16IN3O5. The molecule has 1 aromatic heterocycles. The number of aryl methyl sites for hydroxylation is 1. The van der Waals surface area contributed by atoms with E-state index in [4.69, 9.17) is 9.15 Å². The van der Waals surface area contributed by atoms with E-state index in [1.165, 1.54) is 25.5 Å². The van der Waals surface area contributed by atoms with Crippen molar-refractivity contribution in [3.8, 4) is 17.1 Å². The molecule has 29 heavy (non-hydrogen) atoms. The number of halogens is 1. The molecule has 0 saturated heterocycles. The highest BCUT2D eigenvalue weighted by Crippen LogP contribution is 2.28. The number of methoxy groups -OCH3 is 1. The maximum atomic E-state index is 12.2. The second-order valence-electron chi connectivity index (χ2n) is 6.01. The lowest BCUT2D eigenvalue weighted by atomic mass is 10.1. The fraction of sp³-hybridized carbons (Fsp3) is 0.100. The van der Waals surface area contributed by atoms with E-state index in [9.17, 15) is 14.9 Å². The second kappa shape index (κ2) is 8.86. The van der Waals surface area contributed by atoms with Crippen LogP contribution in [0.15, 0.2) is 58.0 Å². The molecule has 1 amide bonds. The number of carbonyl (C=O) groups excluding carboxylic acids is 1. The molecule has 0 aliphatic heterocycles. The zero-order valence-electron chi connectivity index (χ0n) is 15.5. The van der Waals surface area contributed by atoms with Crippen molar-refractivity contribution in [3.63, 3.8) is 0 Å². The van der Waals surface area contributed by atoms with E-state index in [0.29, 0.717) is 28.4 Å². The molecule has 0 atom stereocenters. The van der Waals surface area contributed by atoms with Crippen LogP contribution in [0.3, 0.4) is 0 Å². The Balaban J connectivity index is 1.72. The Morgan fingerprint density at radius 3 is 2.76 bits per heavy atom. The van der Waals surface area contributed by atoms with E-state index in [-0.39, 0.29) is 5.69 Å². The summed E-state index contributed by atoms with van der Waals surface area (Å²) in [6.07, 6.45) is 1.36. The van der Waals surface area contributed by atoms with E-state index in [0.717, 1.165) is 9.13 Å². The molecule has 148 valence electrons. The van der Waals surface area contributed by atoms with Crippen molar-refractivity contribution in [1.82, 2.24) is 5.43 Å². The van der Waals surface area contributed by atoms with Crippen molar-refractivity contribution in [1.29, 1.82) is 0 Å². The summed E-state index contributed by atoms with van der Waals surface area (Å²) in [5.41, 5.74) is 4.28. The van der Waals surface area contributed by atoms with Crippen LogP contribution in [-0.4, -0.2) is 24.2 Å². The minimum Gasteiger partial charge on any atom is -0.496 e. The molecule has 0 spiro atoms. The van der Waals surface area contributed by atoms with E-state index in [2.05, 4.69) is 33.1 Å². The number of furan rings is 1. The van der Waals surface area contributed by atoms with Crippen LogP contribution < -0.4 is 10.2 Å². The molecule has 9 heteroatoms. The number of benzene rings is 2. The second-order valence-corrected chi connectivity index (χ2v) is 7.17. The number of nitrogens with zero attached hydrogens (tertiary/aromatic N) is 2. The number of hydrazone groups is 1. The van der Waals surface area contributed by atoms with Gasteiger partial charge in [-0.25, -0.2) is 5.43 Å². The first-order valence-electron chi connectivity index (χ1n) is 8.41. The minimum atomic E-state index is -0.455. The highest BCUT2D eigenvalue weighted by atomic mass is 127. The van der Waals surface area contributed by atoms with Gasteiger partial charge in [0, 0.05) is 23.3 Å². The number of rotatable bonds is 6. The fourth-order valence-corrected chi connectivity index (χ4v) is 3.13. The van der Waals surface area contributed by atoms with Gasteiger partial charge in [0.15, 0.2) is 0 Å². The summed E-state index contributed by atoms with van der Waals surface area (Å²) in [6, 6.07) is 13.0. The molecule has 0 fully saturated rings. The summed E-state index contributed by atoms with van der Waals surface area (Å²) in [4.78, 5) is 22.7. The maximum Gasteiger partial charge on any atom is 0.271 e. The molecule has 0 bridgehead atoms. The Morgan fingerprint density at radius 2 is 2.03 bits per heavy atom. The first-order chi connectivity index (χ1) is 13.9. The van der Waals surface area contributed by atoms with Gasteiger partial charge in [-0.2, -0.15) is 5.10 Å². The molecular weight excluding hydrogens is 489 g/mol. The molecule has 0 unspecified atom stereocenters. The first kappa shape index (κ1) is 20.5. The van der Waals surface area contributed by atoms with E-state index < -0.39 is 10.8 Å². The maximum absolute atomic E-state index is 12.2. The van der Waals surface area contributed by atoms with Crippen LogP contribution in [0.1, 0.15) is 21.7 Å². The molecule has 0 saturated carbocycles. The Kier molecular flexibility index (Phi) is 6.27. The Hall–Kier alpha value is -3.21. The van der Waals surface area contributed by atoms with Crippen molar-refractivity contribution in [2.45, 2.75) is 6.92 Å². The van der Waals surface area contributed by atoms with Crippen molar-refractivity contribution in [2.75, 3.05) is 7.11 Å². The third-order valence-electron chi connectivity index (χ3n) is 4.10. The number of nitro groups is 1. The summed E-state index contributed by atoms with van der Waals surface area (Å²) in [6.45, 7) is 1.84. The lowest BCUT2D eigenvalue weighted by Crippen LogP contribution is -2.17. The van der Waals surface area contributed by atoms with Crippen LogP contribution in [-0.2, 0) is 0 Å². The lowest BCUT2D eigenvalue weighted by molar-refractivity contribution is -0.384. The number of hydrogen-bond donors (Lipinski definition) is 1. The average Bonchev–Trinajstić information content (AvgIpc) is 3.17. The number of non-ortho nitro benzene ring substituents is 1. The number of ether oxygens (including phenoxy) is 1. The smallest absolute Gasteiger partial charge is 0.271 e. The highest BCUT2D eigenvalue weighted by Gasteiger charge is 2.13. The predicted octanol–water partition coefficient (Wildman–Crippen LogP) is 4.54. The van der Waals surface area contributed by atoms with Crippen molar-refractivity contribution in [2.24, 2.45) is 5.10 Å². The number of nitrogens with one attached hydrogen (secondary N) is 1. The van der Waals surface area contributed by atoms with Crippen LogP contribution in [0, 0.1) is 20.6 Å². The van der Waals surface area contributed by atoms with Gasteiger partial charge in [-0.1, -0.05) is 6.07 Å². The predicted molar refractivity (Wildman–Crippen MR) is 116 cm³/mol. The molecule has 0 aliphatic carbocycles. The van der Waals surface area contributed by atoms with Gasteiger partial charge in [-0.3, -0.25) is 14.9 Å². The van der Waals surface area contributed by atoms with Crippen molar-refractivity contribution < 1.29 is 18.9 Å². The first-order valence-corrected chi connectivity index (χ1v) is 9.49. The van der Waals surface area contributed by atoms with Gasteiger partial charge in [0.05, 0.1) is 21.8 Å². The summed E-state index contributed by atoms with van der Waals surface area (Å²) in [5.74, 6) is 1.08. The van der Waals surface area contributed by atoms with Crippen LogP contribution >= 0.6 is 22.6 Å². The monoisotopic (exact) mass is 505 g/mol. The minimum absolute atomic E-state index is 0.0163. The van der Waals surface area contributed by atoms with E-state index in [1.54, 1.807) is 36.4 Å². The van der Waals surface area contributed by atoms with Gasteiger partial charge >= 0.3 is 0 Å². The summed E-state index contributed by atoms with van der Waals surface area (Å²) in [5, 5.41) is 14.9. The SMILES string of the molecule is COc1cc(C(=O)NN=Cc2ccc(-c3cc([N+](=O)[O-])ccc3C)o2)ccc1I. The molecule has 3 rings (SSSR count). The fourth-order valence-electron chi connectivity index (χ4n) is 2.58.